The average Bonchev–Trinajstić information content (AvgIpc) is 3.21. The number of carbonyl (C=O) groups excluding carboxylic acids is 1. The van der Waals surface area contributed by atoms with Crippen molar-refractivity contribution in [2.75, 3.05) is 23.3 Å². The Labute approximate surface area is 159 Å². The van der Waals surface area contributed by atoms with Crippen LogP contribution in [-0.2, 0) is 6.42 Å². The van der Waals surface area contributed by atoms with Crippen LogP contribution in [0.4, 0.5) is 17.1 Å². The number of amides is 1. The molecule has 6 nitrogen and oxygen atoms in total. The van der Waals surface area contributed by atoms with Crippen LogP contribution >= 0.6 is 0 Å². The quantitative estimate of drug-likeness (QED) is 0.564. The first kappa shape index (κ1) is 18.9. The zero-order chi connectivity index (χ0) is 19.2. The minimum Gasteiger partial charge on any atom is -0.366 e. The second-order valence-corrected chi connectivity index (χ2v) is 6.91. The van der Waals surface area contributed by atoms with E-state index in [1.54, 1.807) is 12.1 Å². The first-order chi connectivity index (χ1) is 13.1. The van der Waals surface area contributed by atoms with Gasteiger partial charge >= 0.3 is 0 Å². The molecule has 2 aromatic rings. The van der Waals surface area contributed by atoms with Gasteiger partial charge in [-0.3, -0.25) is 14.9 Å². The van der Waals surface area contributed by atoms with Gasteiger partial charge in [-0.2, -0.15) is 0 Å². The smallest absolute Gasteiger partial charge is 0.293 e. The Kier molecular flexibility index (Phi) is 6.06. The maximum atomic E-state index is 12.5. The van der Waals surface area contributed by atoms with Crippen LogP contribution in [-0.4, -0.2) is 23.9 Å². The number of nitrogens with zero attached hydrogens (tertiary/aromatic N) is 2. The number of rotatable bonds is 7. The van der Waals surface area contributed by atoms with Crippen molar-refractivity contribution in [2.24, 2.45) is 0 Å². The van der Waals surface area contributed by atoms with Gasteiger partial charge in [-0.15, -0.1) is 0 Å². The summed E-state index contributed by atoms with van der Waals surface area (Å²) < 4.78 is 0. The maximum absolute atomic E-state index is 12.5. The Bertz CT molecular complexity index is 812. The van der Waals surface area contributed by atoms with E-state index in [4.69, 9.17) is 0 Å². The Morgan fingerprint density at radius 3 is 2.48 bits per heavy atom. The molecule has 2 aromatic carbocycles. The van der Waals surface area contributed by atoms with Crippen molar-refractivity contribution < 1.29 is 9.72 Å². The highest BCUT2D eigenvalue weighted by Crippen LogP contribution is 2.31. The number of nitro benzene ring substituents is 1. The van der Waals surface area contributed by atoms with Crippen LogP contribution in [0.25, 0.3) is 0 Å². The maximum Gasteiger partial charge on any atom is 0.293 e. The zero-order valence-corrected chi connectivity index (χ0v) is 15.6. The van der Waals surface area contributed by atoms with Crippen LogP contribution in [0.5, 0.6) is 0 Å². The third-order valence-electron chi connectivity index (χ3n) is 4.91. The van der Waals surface area contributed by atoms with Crippen molar-refractivity contribution in [3.05, 3.63) is 63.7 Å². The molecule has 0 saturated carbocycles. The third-order valence-corrected chi connectivity index (χ3v) is 4.91. The van der Waals surface area contributed by atoms with E-state index in [-0.39, 0.29) is 11.6 Å². The van der Waals surface area contributed by atoms with E-state index in [1.807, 2.05) is 29.2 Å². The van der Waals surface area contributed by atoms with Crippen molar-refractivity contribution in [2.45, 2.75) is 39.0 Å². The molecule has 1 saturated heterocycles. The molecule has 0 aliphatic carbocycles. The molecular formula is C21H25N3O3. The van der Waals surface area contributed by atoms with Crippen LogP contribution in [0.3, 0.4) is 0 Å². The first-order valence-corrected chi connectivity index (χ1v) is 9.52. The van der Waals surface area contributed by atoms with Crippen molar-refractivity contribution >= 4 is 23.0 Å². The van der Waals surface area contributed by atoms with Gasteiger partial charge in [-0.05, 0) is 55.5 Å². The van der Waals surface area contributed by atoms with Crippen LogP contribution in [0.2, 0.25) is 0 Å². The van der Waals surface area contributed by atoms with E-state index in [0.29, 0.717) is 16.9 Å². The molecule has 0 radical (unpaired) electrons. The van der Waals surface area contributed by atoms with Crippen molar-refractivity contribution in [1.29, 1.82) is 0 Å². The fourth-order valence-corrected chi connectivity index (χ4v) is 3.38. The van der Waals surface area contributed by atoms with E-state index in [9.17, 15) is 14.9 Å². The second kappa shape index (κ2) is 8.66. The van der Waals surface area contributed by atoms with Gasteiger partial charge in [-0.25, -0.2) is 0 Å². The van der Waals surface area contributed by atoms with E-state index in [1.165, 1.54) is 11.6 Å². The second-order valence-electron chi connectivity index (χ2n) is 6.91. The van der Waals surface area contributed by atoms with Crippen LogP contribution in [0.15, 0.2) is 42.5 Å². The predicted octanol–water partition coefficient (Wildman–Crippen LogP) is 4.79. The Morgan fingerprint density at radius 1 is 1.15 bits per heavy atom. The van der Waals surface area contributed by atoms with Gasteiger partial charge in [0.1, 0.15) is 5.69 Å². The summed E-state index contributed by atoms with van der Waals surface area (Å²) in [5.74, 6) is -0.340. The van der Waals surface area contributed by atoms with Crippen LogP contribution in [0, 0.1) is 10.1 Å². The molecule has 1 heterocycles. The fourth-order valence-electron chi connectivity index (χ4n) is 3.38. The molecular weight excluding hydrogens is 342 g/mol. The number of nitrogens with one attached hydrogen (secondary N) is 1. The van der Waals surface area contributed by atoms with E-state index in [0.717, 1.165) is 45.2 Å². The van der Waals surface area contributed by atoms with Gasteiger partial charge in [0.15, 0.2) is 0 Å². The number of nitro groups is 1. The summed E-state index contributed by atoms with van der Waals surface area (Å²) in [7, 11) is 0. The molecule has 0 atom stereocenters. The number of carbonyl (C=O) groups is 1. The Balaban J connectivity index is 1.74. The van der Waals surface area contributed by atoms with Gasteiger partial charge in [0.2, 0.25) is 0 Å². The lowest BCUT2D eigenvalue weighted by Crippen LogP contribution is -2.19. The molecule has 3 rings (SSSR count). The zero-order valence-electron chi connectivity index (χ0n) is 15.6. The Morgan fingerprint density at radius 2 is 1.85 bits per heavy atom. The molecule has 1 aliphatic rings. The largest absolute Gasteiger partial charge is 0.366 e. The molecule has 0 unspecified atom stereocenters. The van der Waals surface area contributed by atoms with Crippen molar-refractivity contribution in [3.8, 4) is 0 Å². The standard InChI is InChI=1S/C21H25N3O3/c1-2-3-6-16-7-10-18(11-8-16)22-21(25)17-9-12-19(20(15-17)24(26)27)23-13-4-5-14-23/h7-12,15H,2-6,13-14H2,1H3,(H,22,25). The molecule has 1 N–H and O–H groups in total. The third kappa shape index (κ3) is 4.64. The minimum absolute atomic E-state index is 0.0144. The number of anilines is 2. The highest BCUT2D eigenvalue weighted by atomic mass is 16.6. The van der Waals surface area contributed by atoms with Gasteiger partial charge in [0.05, 0.1) is 4.92 Å². The lowest BCUT2D eigenvalue weighted by Gasteiger charge is -2.17. The van der Waals surface area contributed by atoms with E-state index in [2.05, 4.69) is 12.2 Å². The normalized spacial score (nSPS) is 13.6. The first-order valence-electron chi connectivity index (χ1n) is 9.52. The SMILES string of the molecule is CCCCc1ccc(NC(=O)c2ccc(N3CCCC3)c([N+](=O)[O-])c2)cc1. The van der Waals surface area contributed by atoms with Gasteiger partial charge < -0.3 is 10.2 Å². The summed E-state index contributed by atoms with van der Waals surface area (Å²) in [4.78, 5) is 25.6. The summed E-state index contributed by atoms with van der Waals surface area (Å²) in [5.41, 5.74) is 2.79. The summed E-state index contributed by atoms with van der Waals surface area (Å²) in [6, 6.07) is 12.5. The molecule has 142 valence electrons. The predicted molar refractivity (Wildman–Crippen MR) is 108 cm³/mol. The number of hydrogen-bond acceptors (Lipinski definition) is 4. The lowest BCUT2D eigenvalue weighted by molar-refractivity contribution is -0.384. The molecule has 0 spiro atoms. The summed E-state index contributed by atoms with van der Waals surface area (Å²) in [6.07, 6.45) is 5.37. The molecule has 1 aliphatic heterocycles. The minimum atomic E-state index is -0.410. The highest BCUT2D eigenvalue weighted by Gasteiger charge is 2.23. The van der Waals surface area contributed by atoms with E-state index >= 15 is 0 Å². The topological polar surface area (TPSA) is 75.5 Å². The van der Waals surface area contributed by atoms with Gasteiger partial charge in [0.25, 0.3) is 11.6 Å². The molecule has 1 amide bonds. The molecule has 0 aromatic heterocycles. The van der Waals surface area contributed by atoms with Crippen molar-refractivity contribution in [1.82, 2.24) is 0 Å². The fraction of sp³-hybridized carbons (Fsp3) is 0.381. The highest BCUT2D eigenvalue weighted by molar-refractivity contribution is 6.05. The molecule has 6 heteroatoms. The average molecular weight is 367 g/mol. The summed E-state index contributed by atoms with van der Waals surface area (Å²) in [6.45, 7) is 3.79. The number of benzene rings is 2. The Hall–Kier alpha value is -2.89. The molecule has 27 heavy (non-hydrogen) atoms. The van der Waals surface area contributed by atoms with Gasteiger partial charge in [0, 0.05) is 30.4 Å². The van der Waals surface area contributed by atoms with Gasteiger partial charge in [-0.1, -0.05) is 25.5 Å². The van der Waals surface area contributed by atoms with Crippen LogP contribution in [0.1, 0.15) is 48.5 Å². The lowest BCUT2D eigenvalue weighted by atomic mass is 10.1. The van der Waals surface area contributed by atoms with Crippen LogP contribution < -0.4 is 10.2 Å². The number of hydrogen-bond donors (Lipinski definition) is 1. The summed E-state index contributed by atoms with van der Waals surface area (Å²) in [5, 5.41) is 14.3. The molecule has 0 bridgehead atoms. The number of unbranched alkanes of at least 4 members (excludes halogenated alkanes) is 1. The summed E-state index contributed by atoms with van der Waals surface area (Å²) >= 11 is 0. The molecule has 1 fully saturated rings. The van der Waals surface area contributed by atoms with Crippen molar-refractivity contribution in [3.63, 3.8) is 0 Å². The number of aryl methyl sites for hydroxylation is 1. The monoisotopic (exact) mass is 367 g/mol. The van der Waals surface area contributed by atoms with E-state index < -0.39 is 4.92 Å².